The first-order chi connectivity index (χ1) is 10.8. The first-order valence-electron chi connectivity index (χ1n) is 6.03. The molecular formula is C12H6Cl9N3. The van der Waals surface area contributed by atoms with E-state index in [-0.39, 0.29) is 11.7 Å². The third kappa shape index (κ3) is 5.03. The van der Waals surface area contributed by atoms with Gasteiger partial charge in [-0.1, -0.05) is 123 Å². The maximum Gasteiger partial charge on any atom is 0.249 e. The summed E-state index contributed by atoms with van der Waals surface area (Å²) in [5.74, 6) is -0.385. The largest absolute Gasteiger partial charge is 0.299 e. The summed E-state index contributed by atoms with van der Waals surface area (Å²) < 4.78 is -5.94. The third-order valence-electron chi connectivity index (χ3n) is 2.76. The van der Waals surface area contributed by atoms with Crippen molar-refractivity contribution in [1.82, 2.24) is 0 Å². The van der Waals surface area contributed by atoms with E-state index in [9.17, 15) is 0 Å². The van der Waals surface area contributed by atoms with Gasteiger partial charge in [0.15, 0.2) is 17.8 Å². The van der Waals surface area contributed by atoms with Gasteiger partial charge in [0.05, 0.1) is 0 Å². The molecule has 0 radical (unpaired) electrons. The van der Waals surface area contributed by atoms with Crippen LogP contribution in [0.4, 0.5) is 5.69 Å². The van der Waals surface area contributed by atoms with Crippen LogP contribution in [0.25, 0.3) is 0 Å². The Kier molecular flexibility index (Phi) is 6.68. The molecule has 0 spiro atoms. The number of hydrogen-bond acceptors (Lipinski definition) is 3. The minimum atomic E-state index is -2.00. The van der Waals surface area contributed by atoms with Crippen molar-refractivity contribution in [3.8, 4) is 0 Å². The maximum absolute atomic E-state index is 6.06. The summed E-state index contributed by atoms with van der Waals surface area (Å²) in [6.45, 7) is 0. The number of rotatable bonds is 1. The molecule has 1 heterocycles. The molecule has 0 saturated carbocycles. The molecule has 1 aromatic carbocycles. The minimum Gasteiger partial charge on any atom is -0.299 e. The molecule has 12 heteroatoms. The molecular weight excluding hydrogens is 505 g/mol. The fourth-order valence-corrected chi connectivity index (χ4v) is 2.99. The number of para-hydroxylation sites is 1. The predicted molar refractivity (Wildman–Crippen MR) is 108 cm³/mol. The van der Waals surface area contributed by atoms with E-state index in [1.54, 1.807) is 30.3 Å². The van der Waals surface area contributed by atoms with E-state index < -0.39 is 17.5 Å². The van der Waals surface area contributed by atoms with Crippen LogP contribution in [0, 0.1) is 0 Å². The Hall–Kier alpha value is 0.970. The Bertz CT molecular complexity index is 655. The number of nitrogens with zero attached hydrogens (tertiary/aromatic N) is 3. The summed E-state index contributed by atoms with van der Waals surface area (Å²) in [4.78, 5) is 9.57. The van der Waals surface area contributed by atoms with Crippen LogP contribution in [-0.4, -0.2) is 29.2 Å². The zero-order chi connectivity index (χ0) is 18.3. The quantitative estimate of drug-likeness (QED) is 0.384. The van der Waals surface area contributed by atoms with E-state index in [4.69, 9.17) is 104 Å². The summed E-state index contributed by atoms with van der Waals surface area (Å²) in [7, 11) is 0. The molecule has 0 amide bonds. The minimum absolute atomic E-state index is 0.119. The predicted octanol–water partition coefficient (Wildman–Crippen LogP) is 6.74. The molecule has 132 valence electrons. The monoisotopic (exact) mass is 507 g/mol. The van der Waals surface area contributed by atoms with Gasteiger partial charge in [-0.25, -0.2) is 9.98 Å². The fraction of sp³-hybridized carbons (Fsp3) is 0.333. The molecule has 1 aromatic rings. The standard InChI is InChI=1S/C12H6Cl9N3/c13-10(14,15)7-22-8(11(16,17)18)24(6-4-2-1-3-5-6)9(23-7)12(19,20)21/h1-5,8H. The average molecular weight is 511 g/mol. The van der Waals surface area contributed by atoms with Gasteiger partial charge in [-0.3, -0.25) is 4.90 Å². The van der Waals surface area contributed by atoms with Crippen LogP contribution in [0.1, 0.15) is 0 Å². The van der Waals surface area contributed by atoms with Crippen LogP contribution in [0.2, 0.25) is 0 Å². The molecule has 0 fully saturated rings. The lowest BCUT2D eigenvalue weighted by Crippen LogP contribution is -2.54. The lowest BCUT2D eigenvalue weighted by molar-refractivity contribution is 0.696. The SMILES string of the molecule is ClC(Cl)(Cl)C1=NC(C(Cl)(Cl)Cl)N(c2ccccc2)C(C(Cl)(Cl)Cl)=N1. The molecule has 1 aliphatic rings. The Morgan fingerprint density at radius 3 is 1.75 bits per heavy atom. The molecule has 1 aliphatic heterocycles. The Morgan fingerprint density at radius 1 is 0.792 bits per heavy atom. The highest BCUT2D eigenvalue weighted by Gasteiger charge is 2.49. The van der Waals surface area contributed by atoms with E-state index in [1.165, 1.54) is 4.90 Å². The van der Waals surface area contributed by atoms with Gasteiger partial charge in [0.2, 0.25) is 11.4 Å². The zero-order valence-corrected chi connectivity index (χ0v) is 18.0. The number of amidine groups is 2. The van der Waals surface area contributed by atoms with E-state index in [0.717, 1.165) is 0 Å². The number of benzene rings is 1. The van der Waals surface area contributed by atoms with Gasteiger partial charge in [-0.15, -0.1) is 0 Å². The number of aliphatic imine (C=N–C) groups is 2. The van der Waals surface area contributed by atoms with Gasteiger partial charge in [-0.05, 0) is 12.1 Å². The summed E-state index contributed by atoms with van der Waals surface area (Å²) in [5, 5.41) is 0. The number of anilines is 1. The van der Waals surface area contributed by atoms with Crippen LogP contribution >= 0.6 is 104 Å². The zero-order valence-electron chi connectivity index (χ0n) is 11.2. The highest BCUT2D eigenvalue weighted by atomic mass is 35.6. The molecule has 0 N–H and O–H groups in total. The van der Waals surface area contributed by atoms with Gasteiger partial charge in [0.1, 0.15) is 0 Å². The molecule has 0 aliphatic carbocycles. The van der Waals surface area contributed by atoms with Crippen LogP contribution in [0.3, 0.4) is 0 Å². The lowest BCUT2D eigenvalue weighted by atomic mass is 10.2. The number of alkyl halides is 9. The van der Waals surface area contributed by atoms with E-state index in [2.05, 4.69) is 9.98 Å². The molecule has 0 saturated heterocycles. The Balaban J connectivity index is 2.69. The molecule has 0 bridgehead atoms. The number of hydrogen-bond donors (Lipinski definition) is 0. The van der Waals surface area contributed by atoms with Crippen molar-refractivity contribution >= 4 is 122 Å². The van der Waals surface area contributed by atoms with Crippen molar-refractivity contribution < 1.29 is 0 Å². The van der Waals surface area contributed by atoms with E-state index >= 15 is 0 Å². The van der Waals surface area contributed by atoms with Gasteiger partial charge in [0.25, 0.3) is 0 Å². The molecule has 24 heavy (non-hydrogen) atoms. The summed E-state index contributed by atoms with van der Waals surface area (Å²) in [5.41, 5.74) is 0.519. The summed E-state index contributed by atoms with van der Waals surface area (Å²) in [6, 6.07) is 8.68. The molecule has 1 atom stereocenters. The maximum atomic E-state index is 6.06. The highest BCUT2D eigenvalue weighted by molar-refractivity contribution is 6.80. The van der Waals surface area contributed by atoms with Crippen molar-refractivity contribution in [2.75, 3.05) is 4.90 Å². The summed E-state index contributed by atoms with van der Waals surface area (Å²) >= 11 is 53.8. The van der Waals surface area contributed by atoms with Crippen molar-refractivity contribution in [1.29, 1.82) is 0 Å². The second-order valence-corrected chi connectivity index (χ2v) is 11.4. The van der Waals surface area contributed by atoms with Gasteiger partial charge < -0.3 is 0 Å². The molecule has 0 aromatic heterocycles. The number of halogens is 9. The Morgan fingerprint density at radius 2 is 1.33 bits per heavy atom. The smallest absolute Gasteiger partial charge is 0.249 e. The van der Waals surface area contributed by atoms with Crippen molar-refractivity contribution in [3.63, 3.8) is 0 Å². The average Bonchev–Trinajstić information content (AvgIpc) is 2.44. The summed E-state index contributed by atoms with van der Waals surface area (Å²) in [6.07, 6.45) is -1.18. The first kappa shape index (κ1) is 21.3. The highest BCUT2D eigenvalue weighted by Crippen LogP contribution is 2.44. The topological polar surface area (TPSA) is 28.0 Å². The van der Waals surface area contributed by atoms with Crippen molar-refractivity contribution in [2.24, 2.45) is 9.98 Å². The normalized spacial score (nSPS) is 19.9. The molecule has 1 unspecified atom stereocenters. The second-order valence-electron chi connectivity index (χ2n) is 4.50. The second kappa shape index (κ2) is 7.53. The van der Waals surface area contributed by atoms with E-state index in [1.807, 2.05) is 0 Å². The van der Waals surface area contributed by atoms with Crippen molar-refractivity contribution in [3.05, 3.63) is 30.3 Å². The third-order valence-corrected chi connectivity index (χ3v) is 4.36. The van der Waals surface area contributed by atoms with Crippen LogP contribution in [0.15, 0.2) is 40.3 Å². The molecule has 2 rings (SSSR count). The first-order valence-corrected chi connectivity index (χ1v) is 9.44. The van der Waals surface area contributed by atoms with Gasteiger partial charge >= 0.3 is 0 Å². The fourth-order valence-electron chi connectivity index (χ4n) is 1.88. The van der Waals surface area contributed by atoms with Crippen LogP contribution < -0.4 is 4.90 Å². The van der Waals surface area contributed by atoms with Gasteiger partial charge in [-0.2, -0.15) is 0 Å². The van der Waals surface area contributed by atoms with Gasteiger partial charge in [0, 0.05) is 5.69 Å². The lowest BCUT2D eigenvalue weighted by Gasteiger charge is -2.40. The Labute approximate surface area is 183 Å². The van der Waals surface area contributed by atoms with Crippen molar-refractivity contribution in [2.45, 2.75) is 17.5 Å². The molecule has 3 nitrogen and oxygen atoms in total. The van der Waals surface area contributed by atoms with E-state index in [0.29, 0.717) is 5.69 Å². The van der Waals surface area contributed by atoms with Crippen LogP contribution in [0.5, 0.6) is 0 Å². The van der Waals surface area contributed by atoms with Crippen LogP contribution in [-0.2, 0) is 0 Å².